The number of likely N-dealkylation sites (tertiary alicyclic amines) is 1. The van der Waals surface area contributed by atoms with Crippen LogP contribution in [0.25, 0.3) is 0 Å². The molecule has 3 aliphatic heterocycles. The van der Waals surface area contributed by atoms with E-state index in [4.69, 9.17) is 9.47 Å². The lowest BCUT2D eigenvalue weighted by Crippen LogP contribution is -2.38. The summed E-state index contributed by atoms with van der Waals surface area (Å²) in [6.45, 7) is 2.74. The van der Waals surface area contributed by atoms with Gasteiger partial charge in [-0.05, 0) is 37.0 Å². The van der Waals surface area contributed by atoms with Crippen LogP contribution in [-0.2, 0) is 12.8 Å². The van der Waals surface area contributed by atoms with Crippen LogP contribution in [0.1, 0.15) is 45.8 Å². The molecule has 27 heavy (non-hydrogen) atoms. The fourth-order valence-electron chi connectivity index (χ4n) is 4.63. The number of amides is 1. The number of hydrogen-bond donors (Lipinski definition) is 0. The number of rotatable bonds is 2. The molecular weight excluding hydrogens is 345 g/mol. The normalized spacial score (nSPS) is 18.6. The highest BCUT2D eigenvalue weighted by Crippen LogP contribution is 2.46. The van der Waals surface area contributed by atoms with Gasteiger partial charge in [0, 0.05) is 42.6 Å². The number of benzene rings is 2. The third-order valence-electron chi connectivity index (χ3n) is 5.99. The standard InChI is InChI=1S/C22H22FNO3/c23-18-4-2-1-3-16(18)22(25)24-9-5-14(6-10-24)20-17-8-12-26-19(17)13-15-7-11-27-21(15)20/h1-4,13-14H,5-12H2. The smallest absolute Gasteiger partial charge is 0.256 e. The highest BCUT2D eigenvalue weighted by Gasteiger charge is 2.33. The van der Waals surface area contributed by atoms with E-state index in [1.807, 2.05) is 0 Å². The minimum atomic E-state index is -0.450. The van der Waals surface area contributed by atoms with Gasteiger partial charge in [-0.15, -0.1) is 0 Å². The van der Waals surface area contributed by atoms with Crippen LogP contribution in [0, 0.1) is 5.82 Å². The fraction of sp³-hybridized carbons (Fsp3) is 0.409. The summed E-state index contributed by atoms with van der Waals surface area (Å²) < 4.78 is 25.8. The van der Waals surface area contributed by atoms with Gasteiger partial charge < -0.3 is 14.4 Å². The van der Waals surface area contributed by atoms with E-state index in [2.05, 4.69) is 6.07 Å². The van der Waals surface area contributed by atoms with Gasteiger partial charge in [-0.2, -0.15) is 0 Å². The first-order valence-corrected chi connectivity index (χ1v) is 9.70. The summed E-state index contributed by atoms with van der Waals surface area (Å²) in [5.41, 5.74) is 4.00. The summed E-state index contributed by atoms with van der Waals surface area (Å²) in [5.74, 6) is 1.76. The molecule has 3 aliphatic rings. The Bertz CT molecular complexity index is 870. The molecule has 140 valence electrons. The maximum atomic E-state index is 14.0. The molecule has 5 rings (SSSR count). The summed E-state index contributed by atoms with van der Waals surface area (Å²) in [6, 6.07) is 8.36. The van der Waals surface area contributed by atoms with Crippen molar-refractivity contribution in [2.45, 2.75) is 31.6 Å². The van der Waals surface area contributed by atoms with Crippen LogP contribution in [-0.4, -0.2) is 37.1 Å². The first-order chi connectivity index (χ1) is 13.2. The molecule has 1 saturated heterocycles. The third-order valence-corrected chi connectivity index (χ3v) is 5.99. The summed E-state index contributed by atoms with van der Waals surface area (Å²) in [7, 11) is 0. The number of ether oxygens (including phenoxy) is 2. The zero-order valence-corrected chi connectivity index (χ0v) is 15.2. The Morgan fingerprint density at radius 3 is 2.67 bits per heavy atom. The van der Waals surface area contributed by atoms with Gasteiger partial charge >= 0.3 is 0 Å². The summed E-state index contributed by atoms with van der Waals surface area (Å²) in [6.07, 6.45) is 3.60. The molecule has 0 N–H and O–H groups in total. The van der Waals surface area contributed by atoms with Gasteiger partial charge in [0.1, 0.15) is 17.3 Å². The Balaban J connectivity index is 1.38. The van der Waals surface area contributed by atoms with E-state index >= 15 is 0 Å². The van der Waals surface area contributed by atoms with Crippen LogP contribution in [0.5, 0.6) is 11.5 Å². The minimum Gasteiger partial charge on any atom is -0.493 e. The second-order valence-electron chi connectivity index (χ2n) is 7.50. The van der Waals surface area contributed by atoms with Crippen LogP contribution >= 0.6 is 0 Å². The number of carbonyl (C=O) groups excluding carboxylic acids is 1. The molecule has 0 saturated carbocycles. The highest BCUT2D eigenvalue weighted by molar-refractivity contribution is 5.94. The van der Waals surface area contributed by atoms with Gasteiger partial charge in [0.15, 0.2) is 0 Å². The number of piperidine rings is 1. The Morgan fingerprint density at radius 1 is 1.07 bits per heavy atom. The molecule has 0 aromatic heterocycles. The van der Waals surface area contributed by atoms with Crippen molar-refractivity contribution >= 4 is 5.91 Å². The maximum absolute atomic E-state index is 14.0. The molecule has 0 bridgehead atoms. The monoisotopic (exact) mass is 367 g/mol. The average molecular weight is 367 g/mol. The molecule has 0 atom stereocenters. The van der Waals surface area contributed by atoms with Crippen molar-refractivity contribution in [2.24, 2.45) is 0 Å². The molecule has 1 fully saturated rings. The summed E-state index contributed by atoms with van der Waals surface area (Å²) in [5, 5.41) is 0. The van der Waals surface area contributed by atoms with Gasteiger partial charge in [0.2, 0.25) is 0 Å². The SMILES string of the molecule is O=C(c1ccccc1F)N1CCC(c2c3c(cc4c2OCC4)OCC3)CC1. The fourth-order valence-corrected chi connectivity index (χ4v) is 4.63. The van der Waals surface area contributed by atoms with Gasteiger partial charge in [-0.25, -0.2) is 4.39 Å². The second kappa shape index (κ2) is 6.55. The number of carbonyl (C=O) groups is 1. The van der Waals surface area contributed by atoms with Gasteiger partial charge in [0.05, 0.1) is 18.8 Å². The van der Waals surface area contributed by atoms with Crippen molar-refractivity contribution in [3.8, 4) is 11.5 Å². The highest BCUT2D eigenvalue weighted by atomic mass is 19.1. The van der Waals surface area contributed by atoms with Crippen molar-refractivity contribution in [3.63, 3.8) is 0 Å². The molecule has 1 amide bonds. The van der Waals surface area contributed by atoms with E-state index < -0.39 is 5.82 Å². The molecule has 0 unspecified atom stereocenters. The van der Waals surface area contributed by atoms with Crippen molar-refractivity contribution in [1.82, 2.24) is 4.90 Å². The van der Waals surface area contributed by atoms with Crippen molar-refractivity contribution in [1.29, 1.82) is 0 Å². The van der Waals surface area contributed by atoms with Crippen molar-refractivity contribution < 1.29 is 18.7 Å². The molecule has 2 aromatic rings. The lowest BCUT2D eigenvalue weighted by Gasteiger charge is -2.33. The molecular formula is C22H22FNO3. The van der Waals surface area contributed by atoms with E-state index in [9.17, 15) is 9.18 Å². The van der Waals surface area contributed by atoms with Crippen LogP contribution in [0.2, 0.25) is 0 Å². The maximum Gasteiger partial charge on any atom is 0.256 e. The first kappa shape index (κ1) is 16.6. The van der Waals surface area contributed by atoms with Crippen molar-refractivity contribution in [2.75, 3.05) is 26.3 Å². The Labute approximate surface area is 157 Å². The molecule has 0 spiro atoms. The molecule has 4 nitrogen and oxygen atoms in total. The number of nitrogens with zero attached hydrogens (tertiary/aromatic N) is 1. The third kappa shape index (κ3) is 2.76. The summed E-state index contributed by atoms with van der Waals surface area (Å²) in [4.78, 5) is 14.5. The van der Waals surface area contributed by atoms with E-state index in [0.29, 0.717) is 19.0 Å². The Hall–Kier alpha value is -2.56. The van der Waals surface area contributed by atoms with Crippen LogP contribution in [0.4, 0.5) is 4.39 Å². The molecule has 3 heterocycles. The molecule has 0 aliphatic carbocycles. The average Bonchev–Trinajstić information content (AvgIpc) is 3.35. The van der Waals surface area contributed by atoms with Crippen LogP contribution < -0.4 is 9.47 Å². The lowest BCUT2D eigenvalue weighted by atomic mass is 9.83. The van der Waals surface area contributed by atoms with E-state index in [1.165, 1.54) is 22.8 Å². The predicted octanol–water partition coefficient (Wildman–Crippen LogP) is 3.72. The van der Waals surface area contributed by atoms with E-state index in [-0.39, 0.29) is 11.5 Å². The largest absolute Gasteiger partial charge is 0.493 e. The Kier molecular flexibility index (Phi) is 4.03. The molecule has 5 heteroatoms. The van der Waals surface area contributed by atoms with Crippen LogP contribution in [0.15, 0.2) is 30.3 Å². The van der Waals surface area contributed by atoms with E-state index in [1.54, 1.807) is 23.1 Å². The molecule has 2 aromatic carbocycles. The topological polar surface area (TPSA) is 38.8 Å². The number of halogens is 1. The van der Waals surface area contributed by atoms with Crippen LogP contribution in [0.3, 0.4) is 0 Å². The molecule has 0 radical (unpaired) electrons. The second-order valence-corrected chi connectivity index (χ2v) is 7.50. The lowest BCUT2D eigenvalue weighted by molar-refractivity contribution is 0.0707. The zero-order valence-electron chi connectivity index (χ0n) is 15.2. The number of hydrogen-bond acceptors (Lipinski definition) is 3. The van der Waals surface area contributed by atoms with Crippen molar-refractivity contribution in [3.05, 3.63) is 58.4 Å². The first-order valence-electron chi connectivity index (χ1n) is 9.70. The van der Waals surface area contributed by atoms with Gasteiger partial charge in [-0.3, -0.25) is 4.79 Å². The quantitative estimate of drug-likeness (QED) is 0.812. The zero-order chi connectivity index (χ0) is 18.4. The Morgan fingerprint density at radius 2 is 1.85 bits per heavy atom. The number of fused-ring (bicyclic) bond motifs is 2. The summed E-state index contributed by atoms with van der Waals surface area (Å²) >= 11 is 0. The van der Waals surface area contributed by atoms with E-state index in [0.717, 1.165) is 50.4 Å². The predicted molar refractivity (Wildman–Crippen MR) is 99.1 cm³/mol. The van der Waals surface area contributed by atoms with Gasteiger partial charge in [-0.1, -0.05) is 12.1 Å². The van der Waals surface area contributed by atoms with Gasteiger partial charge in [0.25, 0.3) is 5.91 Å². The minimum absolute atomic E-state index is 0.161.